The van der Waals surface area contributed by atoms with E-state index in [4.69, 9.17) is 0 Å². The van der Waals surface area contributed by atoms with E-state index in [0.717, 1.165) is 12.5 Å². The SMILES string of the molecule is O=S(=O)(c1ccccc1NCCc1ncon1)C(F)(F)F. The Morgan fingerprint density at radius 1 is 1.24 bits per heavy atom. The zero-order chi connectivity index (χ0) is 15.5. The Bertz CT molecular complexity index is 699. The van der Waals surface area contributed by atoms with Gasteiger partial charge in [-0.15, -0.1) is 0 Å². The lowest BCUT2D eigenvalue weighted by Crippen LogP contribution is -2.24. The van der Waals surface area contributed by atoms with E-state index in [1.165, 1.54) is 18.2 Å². The number of hydrogen-bond acceptors (Lipinski definition) is 6. The molecule has 6 nitrogen and oxygen atoms in total. The maximum atomic E-state index is 12.6. The topological polar surface area (TPSA) is 85.1 Å². The molecule has 0 saturated carbocycles. The molecule has 0 amide bonds. The zero-order valence-corrected chi connectivity index (χ0v) is 11.3. The van der Waals surface area contributed by atoms with E-state index >= 15 is 0 Å². The minimum absolute atomic E-state index is 0.127. The van der Waals surface area contributed by atoms with Gasteiger partial charge in [0.15, 0.2) is 5.82 Å². The van der Waals surface area contributed by atoms with Crippen molar-refractivity contribution in [2.24, 2.45) is 0 Å². The van der Waals surface area contributed by atoms with Gasteiger partial charge in [-0.25, -0.2) is 8.42 Å². The summed E-state index contributed by atoms with van der Waals surface area (Å²) in [4.78, 5) is 2.93. The summed E-state index contributed by atoms with van der Waals surface area (Å²) in [6.07, 6.45) is 1.40. The molecule has 0 unspecified atom stereocenters. The van der Waals surface area contributed by atoms with Gasteiger partial charge < -0.3 is 9.84 Å². The fourth-order valence-electron chi connectivity index (χ4n) is 1.58. The third kappa shape index (κ3) is 3.32. The number of benzene rings is 1. The van der Waals surface area contributed by atoms with Crippen LogP contribution in [0.3, 0.4) is 0 Å². The molecule has 1 N–H and O–H groups in total. The molecule has 0 aliphatic carbocycles. The number of rotatable bonds is 5. The van der Waals surface area contributed by atoms with Crippen LogP contribution in [0.15, 0.2) is 40.1 Å². The second-order valence-corrected chi connectivity index (χ2v) is 5.88. The van der Waals surface area contributed by atoms with Crippen molar-refractivity contribution in [3.63, 3.8) is 0 Å². The Morgan fingerprint density at radius 3 is 2.57 bits per heavy atom. The summed E-state index contributed by atoms with van der Waals surface area (Å²) in [5.41, 5.74) is -5.48. The van der Waals surface area contributed by atoms with E-state index in [9.17, 15) is 21.6 Å². The molecule has 10 heteroatoms. The van der Waals surface area contributed by atoms with Gasteiger partial charge in [-0.05, 0) is 12.1 Å². The first-order valence-electron chi connectivity index (χ1n) is 5.72. The molecule has 1 aromatic heterocycles. The molecular weight excluding hydrogens is 311 g/mol. The summed E-state index contributed by atoms with van der Waals surface area (Å²) in [6.45, 7) is 0.157. The molecule has 1 aromatic carbocycles. The molecule has 0 fully saturated rings. The molecule has 0 radical (unpaired) electrons. The second kappa shape index (κ2) is 5.72. The van der Waals surface area contributed by atoms with Gasteiger partial charge in [-0.2, -0.15) is 18.2 Å². The minimum atomic E-state index is -5.40. The fraction of sp³-hybridized carbons (Fsp3) is 0.273. The van der Waals surface area contributed by atoms with Crippen molar-refractivity contribution >= 4 is 15.5 Å². The maximum Gasteiger partial charge on any atom is 0.501 e. The summed E-state index contributed by atoms with van der Waals surface area (Å²) in [5, 5.41) is 6.16. The summed E-state index contributed by atoms with van der Waals surface area (Å²) >= 11 is 0. The Hall–Kier alpha value is -2.10. The summed E-state index contributed by atoms with van der Waals surface area (Å²) < 4.78 is 65.2. The lowest BCUT2D eigenvalue weighted by atomic mass is 10.3. The van der Waals surface area contributed by atoms with Crippen molar-refractivity contribution in [3.05, 3.63) is 36.5 Å². The highest BCUT2D eigenvalue weighted by Crippen LogP contribution is 2.34. The van der Waals surface area contributed by atoms with Crippen LogP contribution in [0.25, 0.3) is 0 Å². The number of halogens is 3. The van der Waals surface area contributed by atoms with Crippen LogP contribution < -0.4 is 5.32 Å². The first-order valence-corrected chi connectivity index (χ1v) is 7.20. The first kappa shape index (κ1) is 15.3. The minimum Gasteiger partial charge on any atom is -0.384 e. The molecule has 0 atom stereocenters. The Balaban J connectivity index is 2.18. The normalized spacial score (nSPS) is 12.3. The number of sulfone groups is 1. The van der Waals surface area contributed by atoms with Crippen LogP contribution in [-0.2, 0) is 16.3 Å². The number of alkyl halides is 3. The van der Waals surface area contributed by atoms with E-state index in [-0.39, 0.29) is 18.7 Å². The van der Waals surface area contributed by atoms with Crippen LogP contribution in [0.2, 0.25) is 0 Å². The fourth-order valence-corrected chi connectivity index (χ4v) is 2.52. The number of hydrogen-bond donors (Lipinski definition) is 1. The summed E-state index contributed by atoms with van der Waals surface area (Å²) in [6, 6.07) is 4.82. The third-order valence-corrected chi connectivity index (χ3v) is 4.10. The highest BCUT2D eigenvalue weighted by molar-refractivity contribution is 7.92. The molecule has 0 saturated heterocycles. The molecule has 21 heavy (non-hydrogen) atoms. The van der Waals surface area contributed by atoms with Crippen molar-refractivity contribution in [3.8, 4) is 0 Å². The van der Waals surface area contributed by atoms with E-state index in [2.05, 4.69) is 20.0 Å². The van der Waals surface area contributed by atoms with Crippen molar-refractivity contribution in [2.45, 2.75) is 16.8 Å². The predicted octanol–water partition coefficient (Wildman–Crippen LogP) is 2.02. The van der Waals surface area contributed by atoms with E-state index in [0.29, 0.717) is 5.82 Å². The first-order chi connectivity index (χ1) is 9.82. The van der Waals surface area contributed by atoms with Gasteiger partial charge in [0.2, 0.25) is 6.39 Å². The maximum absolute atomic E-state index is 12.6. The number of aromatic nitrogens is 2. The van der Waals surface area contributed by atoms with Crippen LogP contribution in [0.1, 0.15) is 5.82 Å². The Labute approximate surface area is 117 Å². The van der Waals surface area contributed by atoms with Crippen molar-refractivity contribution < 1.29 is 26.1 Å². The Morgan fingerprint density at radius 2 is 1.95 bits per heavy atom. The quantitative estimate of drug-likeness (QED) is 0.907. The molecule has 1 heterocycles. The second-order valence-electron chi connectivity index (χ2n) is 3.97. The third-order valence-electron chi connectivity index (χ3n) is 2.55. The highest BCUT2D eigenvalue weighted by Gasteiger charge is 2.47. The molecule has 0 spiro atoms. The molecule has 0 aliphatic heterocycles. The highest BCUT2D eigenvalue weighted by atomic mass is 32.2. The van der Waals surface area contributed by atoms with Gasteiger partial charge in [-0.1, -0.05) is 17.3 Å². The summed E-state index contributed by atoms with van der Waals surface area (Å²) in [5.74, 6) is 0.360. The monoisotopic (exact) mass is 321 g/mol. The van der Waals surface area contributed by atoms with Crippen molar-refractivity contribution in [1.29, 1.82) is 0 Å². The van der Waals surface area contributed by atoms with E-state index in [1.54, 1.807) is 0 Å². The lowest BCUT2D eigenvalue weighted by molar-refractivity contribution is -0.0435. The van der Waals surface area contributed by atoms with Gasteiger partial charge in [0, 0.05) is 13.0 Å². The van der Waals surface area contributed by atoms with Gasteiger partial charge in [0.1, 0.15) is 0 Å². The van der Waals surface area contributed by atoms with Gasteiger partial charge in [-0.3, -0.25) is 0 Å². The van der Waals surface area contributed by atoms with Crippen molar-refractivity contribution in [1.82, 2.24) is 10.1 Å². The molecular formula is C11H10F3N3O3S. The average Bonchev–Trinajstić information content (AvgIpc) is 2.91. The molecule has 114 valence electrons. The average molecular weight is 321 g/mol. The largest absolute Gasteiger partial charge is 0.501 e. The van der Waals surface area contributed by atoms with Crippen LogP contribution in [0.5, 0.6) is 0 Å². The smallest absolute Gasteiger partial charge is 0.384 e. The van der Waals surface area contributed by atoms with Gasteiger partial charge >= 0.3 is 5.51 Å². The van der Waals surface area contributed by atoms with Gasteiger partial charge in [0.05, 0.1) is 10.6 Å². The molecule has 2 aromatic rings. The van der Waals surface area contributed by atoms with Crippen LogP contribution in [0, 0.1) is 0 Å². The Kier molecular flexibility index (Phi) is 4.16. The molecule has 2 rings (SSSR count). The molecule has 0 aliphatic rings. The number of nitrogens with one attached hydrogen (secondary N) is 1. The number of nitrogens with zero attached hydrogens (tertiary/aromatic N) is 2. The standard InChI is InChI=1S/C11H10F3N3O3S/c12-11(13,14)21(18,19)9-4-2-1-3-8(9)15-6-5-10-16-7-20-17-10/h1-4,7,15H,5-6H2. The van der Waals surface area contributed by atoms with Gasteiger partial charge in [0.25, 0.3) is 9.84 Å². The zero-order valence-electron chi connectivity index (χ0n) is 10.5. The lowest BCUT2D eigenvalue weighted by Gasteiger charge is -2.13. The van der Waals surface area contributed by atoms with Crippen LogP contribution in [-0.4, -0.2) is 30.6 Å². The predicted molar refractivity (Wildman–Crippen MR) is 66.2 cm³/mol. The van der Waals surface area contributed by atoms with E-state index in [1.807, 2.05) is 0 Å². The number of anilines is 1. The van der Waals surface area contributed by atoms with Crippen LogP contribution in [0.4, 0.5) is 18.9 Å². The van der Waals surface area contributed by atoms with Crippen molar-refractivity contribution in [2.75, 3.05) is 11.9 Å². The number of para-hydroxylation sites is 1. The molecule has 0 bridgehead atoms. The van der Waals surface area contributed by atoms with E-state index < -0.39 is 20.2 Å². The summed E-state index contributed by atoms with van der Waals surface area (Å²) in [7, 11) is -5.40. The van der Waals surface area contributed by atoms with Crippen LogP contribution >= 0.6 is 0 Å².